The van der Waals surface area contributed by atoms with Crippen molar-refractivity contribution in [1.82, 2.24) is 10.0 Å². The van der Waals surface area contributed by atoms with Crippen LogP contribution < -0.4 is 15.8 Å². The zero-order valence-corrected chi connectivity index (χ0v) is 11.6. The van der Waals surface area contributed by atoms with Gasteiger partial charge in [-0.25, -0.2) is 13.1 Å². The van der Waals surface area contributed by atoms with Crippen LogP contribution in [-0.2, 0) is 14.8 Å². The summed E-state index contributed by atoms with van der Waals surface area (Å²) in [5.74, 6) is 0.269. The first-order chi connectivity index (χ1) is 7.66. The Labute approximate surface area is 103 Å². The largest absolute Gasteiger partial charge is 0.383 e. The van der Waals surface area contributed by atoms with Gasteiger partial charge in [-0.3, -0.25) is 4.99 Å². The molecule has 0 radical (unpaired) electrons. The van der Waals surface area contributed by atoms with E-state index >= 15 is 0 Å². The Morgan fingerprint density at radius 2 is 2.06 bits per heavy atom. The maximum absolute atomic E-state index is 11.1. The molecule has 0 fully saturated rings. The molecular weight excluding hydrogens is 244 g/mol. The smallest absolute Gasteiger partial charge is 0.209 e. The van der Waals surface area contributed by atoms with E-state index in [4.69, 9.17) is 10.5 Å². The summed E-state index contributed by atoms with van der Waals surface area (Å²) >= 11 is 0. The molecule has 0 atom stereocenters. The van der Waals surface area contributed by atoms with Crippen molar-refractivity contribution in [3.8, 4) is 0 Å². The number of nitrogens with two attached hydrogens (primary N) is 1. The molecule has 0 amide bonds. The van der Waals surface area contributed by atoms with Gasteiger partial charge in [-0.05, 0) is 13.8 Å². The molecule has 0 saturated carbocycles. The SMILES string of the molecule is COCCNC(N)=NCC(C)(C)NS(C)(=O)=O. The molecule has 0 heterocycles. The second kappa shape index (κ2) is 6.77. The fourth-order valence-corrected chi connectivity index (χ4v) is 2.22. The fourth-order valence-electron chi connectivity index (χ4n) is 1.15. The van der Waals surface area contributed by atoms with Crippen LogP contribution in [0.4, 0.5) is 0 Å². The second-order valence-electron chi connectivity index (χ2n) is 4.38. The molecule has 102 valence electrons. The number of nitrogens with one attached hydrogen (secondary N) is 2. The number of nitrogens with zero attached hydrogens (tertiary/aromatic N) is 1. The lowest BCUT2D eigenvalue weighted by Gasteiger charge is -2.22. The number of aliphatic imine (C=N–C) groups is 1. The van der Waals surface area contributed by atoms with Crippen molar-refractivity contribution in [3.63, 3.8) is 0 Å². The summed E-state index contributed by atoms with van der Waals surface area (Å²) in [7, 11) is -1.66. The molecule has 0 bridgehead atoms. The van der Waals surface area contributed by atoms with E-state index in [2.05, 4.69) is 15.0 Å². The lowest BCUT2D eigenvalue weighted by atomic mass is 10.1. The minimum Gasteiger partial charge on any atom is -0.383 e. The van der Waals surface area contributed by atoms with Crippen molar-refractivity contribution >= 4 is 16.0 Å². The minimum atomic E-state index is -3.25. The topological polar surface area (TPSA) is 106 Å². The van der Waals surface area contributed by atoms with E-state index in [1.807, 2.05) is 0 Å². The third-order valence-electron chi connectivity index (χ3n) is 1.72. The van der Waals surface area contributed by atoms with E-state index in [1.165, 1.54) is 0 Å². The van der Waals surface area contributed by atoms with Crippen LogP contribution in [0.1, 0.15) is 13.8 Å². The molecule has 0 saturated heterocycles. The highest BCUT2D eigenvalue weighted by Gasteiger charge is 2.21. The van der Waals surface area contributed by atoms with Crippen LogP contribution in [0, 0.1) is 0 Å². The van der Waals surface area contributed by atoms with Gasteiger partial charge in [0.05, 0.1) is 19.4 Å². The highest BCUT2D eigenvalue weighted by Crippen LogP contribution is 2.03. The molecule has 17 heavy (non-hydrogen) atoms. The number of guanidine groups is 1. The minimum absolute atomic E-state index is 0.256. The standard InChI is InChI=1S/C9H22N4O3S/c1-9(2,13-17(4,14)15)7-12-8(10)11-5-6-16-3/h13H,5-7H2,1-4H3,(H3,10,11,12). The predicted octanol–water partition coefficient (Wildman–Crippen LogP) is -1.14. The molecular formula is C9H22N4O3S. The van der Waals surface area contributed by atoms with E-state index in [1.54, 1.807) is 21.0 Å². The molecule has 7 nitrogen and oxygen atoms in total. The Bertz CT molecular complexity index is 351. The Morgan fingerprint density at radius 3 is 2.53 bits per heavy atom. The average molecular weight is 266 g/mol. The average Bonchev–Trinajstić information content (AvgIpc) is 2.12. The van der Waals surface area contributed by atoms with Crippen molar-refractivity contribution in [2.24, 2.45) is 10.7 Å². The van der Waals surface area contributed by atoms with Gasteiger partial charge in [-0.1, -0.05) is 0 Å². The summed E-state index contributed by atoms with van der Waals surface area (Å²) in [6.45, 7) is 4.82. The molecule has 0 aromatic heterocycles. The summed E-state index contributed by atoms with van der Waals surface area (Å²) in [4.78, 5) is 4.05. The Morgan fingerprint density at radius 1 is 1.47 bits per heavy atom. The van der Waals surface area contributed by atoms with Crippen molar-refractivity contribution < 1.29 is 13.2 Å². The lowest BCUT2D eigenvalue weighted by Crippen LogP contribution is -2.46. The Hall–Kier alpha value is -0.860. The molecule has 0 aromatic rings. The van der Waals surface area contributed by atoms with Crippen LogP contribution in [0.25, 0.3) is 0 Å². The number of rotatable bonds is 7. The summed E-state index contributed by atoms with van der Waals surface area (Å²) in [6.07, 6.45) is 1.11. The van der Waals surface area contributed by atoms with Crippen LogP contribution in [0.15, 0.2) is 4.99 Å². The molecule has 0 spiro atoms. The maximum Gasteiger partial charge on any atom is 0.209 e. The highest BCUT2D eigenvalue weighted by atomic mass is 32.2. The summed E-state index contributed by atoms with van der Waals surface area (Å²) in [5.41, 5.74) is 4.93. The van der Waals surface area contributed by atoms with Gasteiger partial charge in [0.2, 0.25) is 10.0 Å². The third kappa shape index (κ3) is 10.0. The molecule has 0 unspecified atom stereocenters. The van der Waals surface area contributed by atoms with Crippen LogP contribution in [0.5, 0.6) is 0 Å². The first-order valence-electron chi connectivity index (χ1n) is 5.18. The van der Waals surface area contributed by atoms with Gasteiger partial charge >= 0.3 is 0 Å². The second-order valence-corrected chi connectivity index (χ2v) is 6.13. The van der Waals surface area contributed by atoms with E-state index in [0.717, 1.165) is 6.26 Å². The zero-order valence-electron chi connectivity index (χ0n) is 10.8. The van der Waals surface area contributed by atoms with Gasteiger partial charge in [0, 0.05) is 19.2 Å². The molecule has 4 N–H and O–H groups in total. The van der Waals surface area contributed by atoms with Crippen LogP contribution in [-0.4, -0.2) is 53.0 Å². The number of methoxy groups -OCH3 is 1. The van der Waals surface area contributed by atoms with Crippen molar-refractivity contribution in [2.45, 2.75) is 19.4 Å². The number of ether oxygens (including phenoxy) is 1. The maximum atomic E-state index is 11.1. The van der Waals surface area contributed by atoms with Crippen LogP contribution in [0.2, 0.25) is 0 Å². The number of sulfonamides is 1. The van der Waals surface area contributed by atoms with Gasteiger partial charge in [0.15, 0.2) is 5.96 Å². The van der Waals surface area contributed by atoms with Crippen LogP contribution in [0.3, 0.4) is 0 Å². The molecule has 8 heteroatoms. The quantitative estimate of drug-likeness (QED) is 0.307. The van der Waals surface area contributed by atoms with Gasteiger partial charge in [0.1, 0.15) is 0 Å². The summed E-state index contributed by atoms with van der Waals surface area (Å²) < 4.78 is 29.5. The molecule has 0 rings (SSSR count). The van der Waals surface area contributed by atoms with Gasteiger partial charge in [0.25, 0.3) is 0 Å². The van der Waals surface area contributed by atoms with E-state index in [9.17, 15) is 8.42 Å². The zero-order chi connectivity index (χ0) is 13.5. The van der Waals surface area contributed by atoms with Crippen molar-refractivity contribution in [3.05, 3.63) is 0 Å². The molecule has 0 aliphatic heterocycles. The number of hydrogen-bond donors (Lipinski definition) is 3. The lowest BCUT2D eigenvalue weighted by molar-refractivity contribution is 0.204. The van der Waals surface area contributed by atoms with Gasteiger partial charge < -0.3 is 15.8 Å². The Kier molecular flexibility index (Phi) is 6.43. The molecule has 0 aliphatic rings. The fraction of sp³-hybridized carbons (Fsp3) is 0.889. The predicted molar refractivity (Wildman–Crippen MR) is 68.4 cm³/mol. The van der Waals surface area contributed by atoms with E-state index < -0.39 is 15.6 Å². The van der Waals surface area contributed by atoms with Crippen LogP contribution >= 0.6 is 0 Å². The molecule has 0 aliphatic carbocycles. The first kappa shape index (κ1) is 16.1. The monoisotopic (exact) mass is 266 g/mol. The Balaban J connectivity index is 4.19. The number of hydrogen-bond acceptors (Lipinski definition) is 4. The molecule has 0 aromatic carbocycles. The summed E-state index contributed by atoms with van der Waals surface area (Å²) in [5, 5.41) is 2.84. The van der Waals surface area contributed by atoms with Crippen molar-refractivity contribution in [1.29, 1.82) is 0 Å². The highest BCUT2D eigenvalue weighted by molar-refractivity contribution is 7.88. The third-order valence-corrected chi connectivity index (χ3v) is 2.64. The van der Waals surface area contributed by atoms with Gasteiger partial charge in [-0.2, -0.15) is 0 Å². The normalized spacial score (nSPS) is 13.8. The summed E-state index contributed by atoms with van der Waals surface area (Å²) in [6, 6.07) is 0. The van der Waals surface area contributed by atoms with Crippen molar-refractivity contribution in [2.75, 3.05) is 33.1 Å². The van der Waals surface area contributed by atoms with E-state index in [-0.39, 0.29) is 12.5 Å². The van der Waals surface area contributed by atoms with E-state index in [0.29, 0.717) is 13.2 Å². The van der Waals surface area contributed by atoms with Gasteiger partial charge in [-0.15, -0.1) is 0 Å². The first-order valence-corrected chi connectivity index (χ1v) is 7.07.